The second-order valence-corrected chi connectivity index (χ2v) is 4.76. The van der Waals surface area contributed by atoms with Gasteiger partial charge in [0.15, 0.2) is 0 Å². The molecule has 0 aromatic heterocycles. The molecule has 0 atom stereocenters. The van der Waals surface area contributed by atoms with Gasteiger partial charge in [-0.2, -0.15) is 0 Å². The van der Waals surface area contributed by atoms with Gasteiger partial charge in [0.25, 0.3) is 0 Å². The van der Waals surface area contributed by atoms with Crippen molar-refractivity contribution >= 4 is 10.0 Å². The van der Waals surface area contributed by atoms with Crippen LogP contribution in [-0.2, 0) is 10.0 Å². The number of hydrogen-bond acceptors (Lipinski definition) is 3. The molecule has 5 heteroatoms. The highest BCUT2D eigenvalue weighted by Gasteiger charge is 2.26. The van der Waals surface area contributed by atoms with E-state index in [4.69, 9.17) is 0 Å². The summed E-state index contributed by atoms with van der Waals surface area (Å²) in [5.74, 6) is 0.330. The van der Waals surface area contributed by atoms with Crippen LogP contribution >= 0.6 is 0 Å². The number of likely N-dealkylation sites (N-methyl/N-ethyl adjacent to an activating group) is 1. The molecule has 1 saturated heterocycles. The molecular formula is C6H14N2O2S. The molecule has 1 heterocycles. The van der Waals surface area contributed by atoms with Crippen LogP contribution in [-0.4, -0.2) is 45.2 Å². The summed E-state index contributed by atoms with van der Waals surface area (Å²) in [7, 11) is -1.04. The van der Waals surface area contributed by atoms with Gasteiger partial charge in [0.1, 0.15) is 0 Å². The SMILES string of the molecule is CNCCN1CCCS1(=O)=O. The summed E-state index contributed by atoms with van der Waals surface area (Å²) in [6.45, 7) is 2.04. The van der Waals surface area contributed by atoms with Crippen LogP contribution in [0.2, 0.25) is 0 Å². The molecule has 0 amide bonds. The minimum atomic E-state index is -2.87. The fraction of sp³-hybridized carbons (Fsp3) is 1.00. The van der Waals surface area contributed by atoms with E-state index in [9.17, 15) is 8.42 Å². The zero-order valence-electron chi connectivity index (χ0n) is 6.71. The largest absolute Gasteiger partial charge is 0.318 e. The van der Waals surface area contributed by atoms with Crippen molar-refractivity contribution in [1.82, 2.24) is 9.62 Å². The number of sulfonamides is 1. The molecule has 0 saturated carbocycles. The molecule has 66 valence electrons. The monoisotopic (exact) mass is 178 g/mol. The average molecular weight is 178 g/mol. The van der Waals surface area contributed by atoms with Crippen LogP contribution in [0.5, 0.6) is 0 Å². The lowest BCUT2D eigenvalue weighted by atomic mass is 10.5. The molecule has 4 nitrogen and oxygen atoms in total. The Morgan fingerprint density at radius 3 is 2.73 bits per heavy atom. The molecule has 1 N–H and O–H groups in total. The van der Waals surface area contributed by atoms with Crippen LogP contribution in [0.3, 0.4) is 0 Å². The molecule has 1 fully saturated rings. The van der Waals surface area contributed by atoms with Gasteiger partial charge in [0.2, 0.25) is 10.0 Å². The molecule has 1 aliphatic heterocycles. The zero-order valence-corrected chi connectivity index (χ0v) is 7.52. The van der Waals surface area contributed by atoms with Crippen LogP contribution in [0, 0.1) is 0 Å². The zero-order chi connectivity index (χ0) is 8.32. The van der Waals surface area contributed by atoms with Crippen molar-refractivity contribution in [3.8, 4) is 0 Å². The molecule has 0 spiro atoms. The molecule has 0 radical (unpaired) electrons. The second kappa shape index (κ2) is 3.51. The van der Waals surface area contributed by atoms with Crippen LogP contribution in [0.4, 0.5) is 0 Å². The number of hydrogen-bond donors (Lipinski definition) is 1. The van der Waals surface area contributed by atoms with E-state index < -0.39 is 10.0 Å². The average Bonchev–Trinajstić information content (AvgIpc) is 2.25. The minimum Gasteiger partial charge on any atom is -0.318 e. The first-order chi connectivity index (χ1) is 5.17. The van der Waals surface area contributed by atoms with E-state index in [0.29, 0.717) is 18.8 Å². The molecule has 1 aliphatic rings. The molecule has 0 aromatic rings. The molecule has 0 unspecified atom stereocenters. The Bertz CT molecular complexity index is 213. The number of nitrogens with zero attached hydrogens (tertiary/aromatic N) is 1. The first kappa shape index (κ1) is 8.96. The van der Waals surface area contributed by atoms with Crippen LogP contribution < -0.4 is 5.32 Å². The highest BCUT2D eigenvalue weighted by molar-refractivity contribution is 7.89. The Kier molecular flexibility index (Phi) is 2.86. The Hall–Kier alpha value is -0.130. The van der Waals surface area contributed by atoms with Crippen LogP contribution in [0.1, 0.15) is 6.42 Å². The maximum Gasteiger partial charge on any atom is 0.214 e. The van der Waals surface area contributed by atoms with Crippen molar-refractivity contribution in [2.24, 2.45) is 0 Å². The normalized spacial score (nSPS) is 24.1. The van der Waals surface area contributed by atoms with Gasteiger partial charge < -0.3 is 5.32 Å². The summed E-state index contributed by atoms with van der Waals surface area (Å²) in [4.78, 5) is 0. The third-order valence-electron chi connectivity index (χ3n) is 1.81. The lowest BCUT2D eigenvalue weighted by Crippen LogP contribution is -2.32. The quantitative estimate of drug-likeness (QED) is 0.618. The van der Waals surface area contributed by atoms with Gasteiger partial charge in [0, 0.05) is 19.6 Å². The minimum absolute atomic E-state index is 0.330. The lowest BCUT2D eigenvalue weighted by molar-refractivity contribution is 0.441. The van der Waals surface area contributed by atoms with Gasteiger partial charge in [-0.25, -0.2) is 12.7 Å². The van der Waals surface area contributed by atoms with Crippen molar-refractivity contribution in [1.29, 1.82) is 0 Å². The maximum absolute atomic E-state index is 11.2. The third-order valence-corrected chi connectivity index (χ3v) is 3.77. The van der Waals surface area contributed by atoms with Crippen LogP contribution in [0.25, 0.3) is 0 Å². The lowest BCUT2D eigenvalue weighted by Gasteiger charge is -2.12. The molecule has 0 aromatic carbocycles. The second-order valence-electron chi connectivity index (χ2n) is 2.67. The highest BCUT2D eigenvalue weighted by atomic mass is 32.2. The predicted molar refractivity (Wildman–Crippen MR) is 43.9 cm³/mol. The van der Waals surface area contributed by atoms with Crippen molar-refractivity contribution in [3.05, 3.63) is 0 Å². The summed E-state index contributed by atoms with van der Waals surface area (Å²) < 4.78 is 23.9. The summed E-state index contributed by atoms with van der Waals surface area (Å²) in [6, 6.07) is 0. The highest BCUT2D eigenvalue weighted by Crippen LogP contribution is 2.11. The fourth-order valence-electron chi connectivity index (χ4n) is 1.18. The van der Waals surface area contributed by atoms with E-state index >= 15 is 0 Å². The summed E-state index contributed by atoms with van der Waals surface area (Å²) in [5.41, 5.74) is 0. The van der Waals surface area contributed by atoms with Crippen LogP contribution in [0.15, 0.2) is 0 Å². The summed E-state index contributed by atoms with van der Waals surface area (Å²) in [5, 5.41) is 2.93. The van der Waals surface area contributed by atoms with E-state index in [1.165, 1.54) is 0 Å². The Morgan fingerprint density at radius 1 is 1.55 bits per heavy atom. The number of nitrogens with one attached hydrogen (secondary N) is 1. The van der Waals surface area contributed by atoms with Gasteiger partial charge in [-0.15, -0.1) is 0 Å². The number of rotatable bonds is 3. The standard InChI is InChI=1S/C6H14N2O2S/c1-7-3-5-8-4-2-6-11(8,9)10/h7H,2-6H2,1H3. The molecule has 0 aliphatic carbocycles. The third kappa shape index (κ3) is 2.15. The Labute approximate surface area is 67.6 Å². The van der Waals surface area contributed by atoms with Crippen molar-refractivity contribution in [2.75, 3.05) is 32.4 Å². The van der Waals surface area contributed by atoms with Crippen molar-refractivity contribution < 1.29 is 8.42 Å². The first-order valence-electron chi connectivity index (χ1n) is 3.79. The van der Waals surface area contributed by atoms with Gasteiger partial charge in [-0.1, -0.05) is 0 Å². The Morgan fingerprint density at radius 2 is 2.27 bits per heavy atom. The molecule has 11 heavy (non-hydrogen) atoms. The van der Waals surface area contributed by atoms with Gasteiger partial charge in [-0.05, 0) is 13.5 Å². The molecule has 1 rings (SSSR count). The predicted octanol–water partition coefficient (Wildman–Crippen LogP) is -0.759. The summed E-state index contributed by atoms with van der Waals surface area (Å²) >= 11 is 0. The fourth-order valence-corrected chi connectivity index (χ4v) is 2.71. The smallest absolute Gasteiger partial charge is 0.214 e. The topological polar surface area (TPSA) is 49.4 Å². The first-order valence-corrected chi connectivity index (χ1v) is 5.40. The van der Waals surface area contributed by atoms with E-state index in [1.807, 2.05) is 7.05 Å². The van der Waals surface area contributed by atoms with Crippen molar-refractivity contribution in [2.45, 2.75) is 6.42 Å². The van der Waals surface area contributed by atoms with E-state index in [2.05, 4.69) is 5.32 Å². The van der Waals surface area contributed by atoms with Gasteiger partial charge in [0.05, 0.1) is 5.75 Å². The maximum atomic E-state index is 11.2. The van der Waals surface area contributed by atoms with Gasteiger partial charge >= 0.3 is 0 Å². The molecular weight excluding hydrogens is 164 g/mol. The van der Waals surface area contributed by atoms with E-state index in [-0.39, 0.29) is 0 Å². The van der Waals surface area contributed by atoms with E-state index in [1.54, 1.807) is 4.31 Å². The molecule has 0 bridgehead atoms. The van der Waals surface area contributed by atoms with Gasteiger partial charge in [-0.3, -0.25) is 0 Å². The summed E-state index contributed by atoms with van der Waals surface area (Å²) in [6.07, 6.45) is 0.784. The Balaban J connectivity index is 2.45. The van der Waals surface area contributed by atoms with E-state index in [0.717, 1.165) is 13.0 Å². The van der Waals surface area contributed by atoms with Crippen molar-refractivity contribution in [3.63, 3.8) is 0 Å².